The highest BCUT2D eigenvalue weighted by Crippen LogP contribution is 2.25. The summed E-state index contributed by atoms with van der Waals surface area (Å²) in [5, 5.41) is 0.613. The predicted molar refractivity (Wildman–Crippen MR) is 72.5 cm³/mol. The first-order chi connectivity index (χ1) is 7.65. The Hall–Kier alpha value is -0.610. The minimum Gasteiger partial charge on any atom is -0.430 e. The molecule has 0 amide bonds. The van der Waals surface area contributed by atoms with Crippen molar-refractivity contribution in [3.8, 4) is 0 Å². The van der Waals surface area contributed by atoms with Gasteiger partial charge in [0.05, 0.1) is 10.9 Å². The topological polar surface area (TPSA) is 26.3 Å². The van der Waals surface area contributed by atoms with Crippen LogP contribution in [-0.4, -0.2) is 11.3 Å². The summed E-state index contributed by atoms with van der Waals surface area (Å²) in [7, 11) is 0. The Balaban J connectivity index is 2.77. The van der Waals surface area contributed by atoms with E-state index < -0.39 is 0 Å². The molecule has 16 heavy (non-hydrogen) atoms. The van der Waals surface area contributed by atoms with Crippen LogP contribution in [0.4, 0.5) is 0 Å². The summed E-state index contributed by atoms with van der Waals surface area (Å²) >= 11 is 6.61. The van der Waals surface area contributed by atoms with Crippen molar-refractivity contribution in [1.29, 1.82) is 0 Å². The second-order valence-electron chi connectivity index (χ2n) is 3.15. The van der Waals surface area contributed by atoms with Crippen LogP contribution in [-0.2, 0) is 9.53 Å². The van der Waals surface area contributed by atoms with E-state index in [2.05, 4.69) is 31.9 Å². The van der Waals surface area contributed by atoms with Gasteiger partial charge in [0.2, 0.25) is 0 Å². The maximum Gasteiger partial charge on any atom is 0.311 e. The highest BCUT2D eigenvalue weighted by atomic mass is 79.9. The molecule has 0 aliphatic heterocycles. The Morgan fingerprint density at radius 1 is 1.31 bits per heavy atom. The Labute approximate surface area is 112 Å². The van der Waals surface area contributed by atoms with Crippen LogP contribution in [0.15, 0.2) is 36.1 Å². The monoisotopic (exact) mass is 346 g/mol. The molecule has 0 bridgehead atoms. The third-order valence-electron chi connectivity index (χ3n) is 1.90. The largest absolute Gasteiger partial charge is 0.430 e. The third kappa shape index (κ3) is 4.10. The maximum absolute atomic E-state index is 11.3. The highest BCUT2D eigenvalue weighted by molar-refractivity contribution is 9.15. The summed E-state index contributed by atoms with van der Waals surface area (Å²) in [6.07, 6.45) is 0.367. The van der Waals surface area contributed by atoms with E-state index in [0.717, 1.165) is 10.0 Å². The molecule has 0 aliphatic rings. The molecule has 1 rings (SSSR count). The van der Waals surface area contributed by atoms with Crippen molar-refractivity contribution in [3.05, 3.63) is 41.7 Å². The summed E-state index contributed by atoms with van der Waals surface area (Å²) in [5.74, 6) is 0.347. The first-order valence-corrected chi connectivity index (χ1v) is 6.75. The molecule has 0 heterocycles. The summed E-state index contributed by atoms with van der Waals surface area (Å²) in [6, 6.07) is 9.71. The molecule has 0 aliphatic carbocycles. The van der Waals surface area contributed by atoms with Crippen molar-refractivity contribution in [2.45, 2.75) is 13.3 Å². The molecule has 1 aromatic carbocycles. The molecule has 0 saturated carbocycles. The van der Waals surface area contributed by atoms with Gasteiger partial charge in [0.1, 0.15) is 5.76 Å². The predicted octanol–water partition coefficient (Wildman–Crippen LogP) is 4.10. The summed E-state index contributed by atoms with van der Waals surface area (Å²) in [4.78, 5) is 11.3. The lowest BCUT2D eigenvalue weighted by atomic mass is 10.2. The number of halogens is 2. The third-order valence-corrected chi connectivity index (χ3v) is 3.31. The smallest absolute Gasteiger partial charge is 0.311 e. The number of carbonyl (C=O) groups is 1. The SMILES string of the molecule is C/C(OC(=O)CCBr)=C(/Br)c1ccccc1. The van der Waals surface area contributed by atoms with Crippen molar-refractivity contribution in [1.82, 2.24) is 0 Å². The zero-order valence-corrected chi connectivity index (χ0v) is 12.0. The Bertz CT molecular complexity index is 385. The molecule has 0 atom stereocenters. The van der Waals surface area contributed by atoms with Gasteiger partial charge in [-0.15, -0.1) is 0 Å². The fourth-order valence-corrected chi connectivity index (χ4v) is 1.80. The van der Waals surface area contributed by atoms with Crippen LogP contribution in [0.2, 0.25) is 0 Å². The Morgan fingerprint density at radius 2 is 1.94 bits per heavy atom. The average Bonchev–Trinajstić information content (AvgIpc) is 2.29. The molecular weight excluding hydrogens is 336 g/mol. The quantitative estimate of drug-likeness (QED) is 0.465. The number of rotatable bonds is 4. The van der Waals surface area contributed by atoms with Crippen molar-refractivity contribution in [3.63, 3.8) is 0 Å². The molecule has 0 fully saturated rings. The van der Waals surface area contributed by atoms with Crippen LogP contribution in [0.1, 0.15) is 18.9 Å². The number of alkyl halides is 1. The summed E-state index contributed by atoms with van der Waals surface area (Å²) < 4.78 is 5.97. The fraction of sp³-hybridized carbons (Fsp3) is 0.250. The zero-order chi connectivity index (χ0) is 12.0. The van der Waals surface area contributed by atoms with Crippen LogP contribution in [0, 0.1) is 0 Å². The van der Waals surface area contributed by atoms with Gasteiger partial charge >= 0.3 is 5.97 Å². The van der Waals surface area contributed by atoms with Crippen LogP contribution in [0.25, 0.3) is 4.48 Å². The van der Waals surface area contributed by atoms with Crippen molar-refractivity contribution in [2.24, 2.45) is 0 Å². The average molecular weight is 348 g/mol. The van der Waals surface area contributed by atoms with Crippen LogP contribution in [0.5, 0.6) is 0 Å². The first kappa shape index (κ1) is 13.5. The van der Waals surface area contributed by atoms with Crippen LogP contribution >= 0.6 is 31.9 Å². The van der Waals surface area contributed by atoms with Gasteiger partial charge in [-0.05, 0) is 28.4 Å². The van der Waals surface area contributed by atoms with Gasteiger partial charge < -0.3 is 4.74 Å². The van der Waals surface area contributed by atoms with Gasteiger partial charge in [0.15, 0.2) is 0 Å². The molecule has 0 saturated heterocycles. The highest BCUT2D eigenvalue weighted by Gasteiger charge is 2.07. The van der Waals surface area contributed by atoms with E-state index in [1.54, 1.807) is 6.92 Å². The molecule has 2 nitrogen and oxygen atoms in total. The lowest BCUT2D eigenvalue weighted by molar-refractivity contribution is -0.138. The lowest BCUT2D eigenvalue weighted by Gasteiger charge is -2.07. The molecule has 1 aromatic rings. The summed E-state index contributed by atoms with van der Waals surface area (Å²) in [5.41, 5.74) is 0.992. The van der Waals surface area contributed by atoms with Crippen LogP contribution < -0.4 is 0 Å². The van der Waals surface area contributed by atoms with Crippen molar-refractivity contribution < 1.29 is 9.53 Å². The molecular formula is C12H12Br2O2. The molecule has 0 unspecified atom stereocenters. The van der Waals surface area contributed by atoms with Gasteiger partial charge in [0, 0.05) is 5.33 Å². The minimum atomic E-state index is -0.234. The second kappa shape index (κ2) is 6.86. The van der Waals surface area contributed by atoms with E-state index in [4.69, 9.17) is 4.74 Å². The van der Waals surface area contributed by atoms with E-state index >= 15 is 0 Å². The van der Waals surface area contributed by atoms with Gasteiger partial charge in [-0.2, -0.15) is 0 Å². The minimum absolute atomic E-state index is 0.234. The number of allylic oxidation sites excluding steroid dienone is 1. The van der Waals surface area contributed by atoms with E-state index in [0.29, 0.717) is 17.5 Å². The molecule has 0 aromatic heterocycles. The van der Waals surface area contributed by atoms with Gasteiger partial charge in [0.25, 0.3) is 0 Å². The zero-order valence-electron chi connectivity index (χ0n) is 8.87. The first-order valence-electron chi connectivity index (χ1n) is 4.83. The molecule has 0 spiro atoms. The Kier molecular flexibility index (Phi) is 5.77. The second-order valence-corrected chi connectivity index (χ2v) is 4.74. The number of hydrogen-bond donors (Lipinski definition) is 0. The number of carbonyl (C=O) groups excluding carboxylic acids is 1. The number of benzene rings is 1. The van der Waals surface area contributed by atoms with Crippen molar-refractivity contribution in [2.75, 3.05) is 5.33 Å². The number of esters is 1. The van der Waals surface area contributed by atoms with Gasteiger partial charge in [-0.25, -0.2) is 0 Å². The van der Waals surface area contributed by atoms with E-state index in [9.17, 15) is 4.79 Å². The fourth-order valence-electron chi connectivity index (χ4n) is 1.13. The van der Waals surface area contributed by atoms with Gasteiger partial charge in [-0.3, -0.25) is 4.79 Å². The summed E-state index contributed by atoms with van der Waals surface area (Å²) in [6.45, 7) is 1.77. The van der Waals surface area contributed by atoms with Gasteiger partial charge in [-0.1, -0.05) is 46.3 Å². The number of hydrogen-bond acceptors (Lipinski definition) is 2. The van der Waals surface area contributed by atoms with E-state index in [1.807, 2.05) is 30.3 Å². The van der Waals surface area contributed by atoms with Crippen molar-refractivity contribution >= 4 is 42.3 Å². The number of ether oxygens (including phenoxy) is 1. The maximum atomic E-state index is 11.3. The van der Waals surface area contributed by atoms with E-state index in [-0.39, 0.29) is 5.97 Å². The molecule has 0 radical (unpaired) electrons. The van der Waals surface area contributed by atoms with Crippen LogP contribution in [0.3, 0.4) is 0 Å². The normalized spacial score (nSPS) is 11.9. The molecule has 86 valence electrons. The lowest BCUT2D eigenvalue weighted by Crippen LogP contribution is -2.03. The Morgan fingerprint density at radius 3 is 2.50 bits per heavy atom. The standard InChI is InChI=1S/C12H12Br2O2/c1-9(16-11(15)7-8-13)12(14)10-5-3-2-4-6-10/h2-6H,7-8H2,1H3/b12-9-. The van der Waals surface area contributed by atoms with E-state index in [1.165, 1.54) is 0 Å². The molecule has 0 N–H and O–H groups in total. The molecule has 4 heteroatoms.